The highest BCUT2D eigenvalue weighted by molar-refractivity contribution is 6.37. The molecule has 0 unspecified atom stereocenters. The Labute approximate surface area is 101 Å². The Balaban J connectivity index is 2.72. The summed E-state index contributed by atoms with van der Waals surface area (Å²) >= 11 is 11.6. The van der Waals surface area contributed by atoms with Gasteiger partial charge in [-0.05, 0) is 18.2 Å². The molecule has 0 atom stereocenters. The summed E-state index contributed by atoms with van der Waals surface area (Å²) in [5.41, 5.74) is 0.0634. The lowest BCUT2D eigenvalue weighted by Crippen LogP contribution is -1.92. The summed E-state index contributed by atoms with van der Waals surface area (Å²) in [7, 11) is 0. The van der Waals surface area contributed by atoms with E-state index in [-0.39, 0.29) is 21.3 Å². The van der Waals surface area contributed by atoms with E-state index in [9.17, 15) is 10.1 Å². The Morgan fingerprint density at radius 3 is 2.62 bits per heavy atom. The first kappa shape index (κ1) is 11.0. The van der Waals surface area contributed by atoms with Crippen molar-refractivity contribution in [1.29, 1.82) is 0 Å². The van der Waals surface area contributed by atoms with Gasteiger partial charge in [0.1, 0.15) is 11.3 Å². The Kier molecular flexibility index (Phi) is 2.85. The van der Waals surface area contributed by atoms with Gasteiger partial charge >= 0.3 is 0 Å². The second-order valence-electron chi connectivity index (χ2n) is 3.02. The van der Waals surface area contributed by atoms with Gasteiger partial charge in [0.2, 0.25) is 0 Å². The summed E-state index contributed by atoms with van der Waals surface area (Å²) in [5, 5.41) is 11.3. The zero-order valence-electron chi connectivity index (χ0n) is 7.81. The van der Waals surface area contributed by atoms with Crippen molar-refractivity contribution in [3.63, 3.8) is 0 Å². The van der Waals surface area contributed by atoms with Crippen molar-refractivity contribution in [2.24, 2.45) is 0 Å². The fraction of sp³-hybridized carbons (Fsp3) is 0. The molecule has 0 aliphatic carbocycles. The molecule has 0 amide bonds. The van der Waals surface area contributed by atoms with Gasteiger partial charge in [-0.15, -0.1) is 0 Å². The smallest absolute Gasteiger partial charge is 0.283 e. The van der Waals surface area contributed by atoms with Gasteiger partial charge in [-0.1, -0.05) is 23.2 Å². The van der Waals surface area contributed by atoms with Crippen molar-refractivity contribution in [2.45, 2.75) is 0 Å². The second kappa shape index (κ2) is 4.15. The van der Waals surface area contributed by atoms with Crippen LogP contribution in [0.1, 0.15) is 0 Å². The molecule has 0 bridgehead atoms. The van der Waals surface area contributed by atoms with Gasteiger partial charge in [-0.2, -0.15) is 0 Å². The third-order valence-electron chi connectivity index (χ3n) is 2.00. The summed E-state index contributed by atoms with van der Waals surface area (Å²) < 4.78 is 5.10. The van der Waals surface area contributed by atoms with Gasteiger partial charge in [0.25, 0.3) is 5.69 Å². The Morgan fingerprint density at radius 1 is 1.31 bits per heavy atom. The van der Waals surface area contributed by atoms with Crippen molar-refractivity contribution < 1.29 is 9.34 Å². The number of furan rings is 1. The molecule has 0 radical (unpaired) electrons. The molecule has 0 aliphatic heterocycles. The molecule has 0 spiro atoms. The van der Waals surface area contributed by atoms with Gasteiger partial charge in [-0.3, -0.25) is 10.1 Å². The summed E-state index contributed by atoms with van der Waals surface area (Å²) in [6, 6.07) is 5.91. The van der Waals surface area contributed by atoms with E-state index < -0.39 is 4.92 Å². The molecule has 0 saturated carbocycles. The highest BCUT2D eigenvalue weighted by Crippen LogP contribution is 2.38. The topological polar surface area (TPSA) is 56.3 Å². The van der Waals surface area contributed by atoms with E-state index in [0.29, 0.717) is 5.76 Å². The molecule has 1 aromatic carbocycles. The van der Waals surface area contributed by atoms with Crippen molar-refractivity contribution >= 4 is 28.9 Å². The zero-order valence-corrected chi connectivity index (χ0v) is 9.33. The maximum absolute atomic E-state index is 10.9. The third kappa shape index (κ3) is 1.89. The van der Waals surface area contributed by atoms with Crippen LogP contribution in [0.25, 0.3) is 11.3 Å². The minimum Gasteiger partial charge on any atom is -0.464 e. The van der Waals surface area contributed by atoms with Crippen LogP contribution in [-0.4, -0.2) is 4.92 Å². The summed E-state index contributed by atoms with van der Waals surface area (Å²) in [6.45, 7) is 0. The summed E-state index contributed by atoms with van der Waals surface area (Å²) in [5.74, 6) is 0.341. The molecule has 0 saturated heterocycles. The second-order valence-corrected chi connectivity index (χ2v) is 3.86. The molecule has 1 heterocycles. The number of benzene rings is 1. The molecular weight excluding hydrogens is 253 g/mol. The number of nitro benzene ring substituents is 1. The predicted molar refractivity (Wildman–Crippen MR) is 60.8 cm³/mol. The minimum atomic E-state index is -0.546. The van der Waals surface area contributed by atoms with Crippen LogP contribution in [0.3, 0.4) is 0 Å². The fourth-order valence-electron chi connectivity index (χ4n) is 1.37. The number of rotatable bonds is 2. The molecule has 2 rings (SSSR count). The van der Waals surface area contributed by atoms with Gasteiger partial charge in [0.15, 0.2) is 0 Å². The standard InChI is InChI=1S/C10H5Cl2NO3/c11-6-4-7(12)10(8(5-6)13(14)15)9-2-1-3-16-9/h1-5H. The van der Waals surface area contributed by atoms with Gasteiger partial charge < -0.3 is 4.42 Å². The lowest BCUT2D eigenvalue weighted by atomic mass is 10.1. The normalized spacial score (nSPS) is 10.4. The number of hydrogen-bond donors (Lipinski definition) is 0. The van der Waals surface area contributed by atoms with E-state index >= 15 is 0 Å². The summed E-state index contributed by atoms with van der Waals surface area (Å²) in [4.78, 5) is 10.3. The zero-order chi connectivity index (χ0) is 11.7. The highest BCUT2D eigenvalue weighted by Gasteiger charge is 2.21. The fourth-order valence-corrected chi connectivity index (χ4v) is 1.94. The van der Waals surface area contributed by atoms with Crippen LogP contribution in [0.4, 0.5) is 5.69 Å². The Morgan fingerprint density at radius 2 is 2.06 bits per heavy atom. The molecule has 82 valence electrons. The van der Waals surface area contributed by atoms with E-state index in [1.807, 2.05) is 0 Å². The third-order valence-corrected chi connectivity index (χ3v) is 2.51. The first-order valence-corrected chi connectivity index (χ1v) is 5.02. The molecule has 4 nitrogen and oxygen atoms in total. The Hall–Kier alpha value is -1.52. The molecule has 6 heteroatoms. The van der Waals surface area contributed by atoms with Crippen LogP contribution in [0.15, 0.2) is 34.9 Å². The largest absolute Gasteiger partial charge is 0.464 e. The average Bonchev–Trinajstić information content (AvgIpc) is 2.69. The van der Waals surface area contributed by atoms with Crippen LogP contribution in [-0.2, 0) is 0 Å². The molecule has 0 fully saturated rings. The van der Waals surface area contributed by atoms with E-state index in [0.717, 1.165) is 0 Å². The monoisotopic (exact) mass is 257 g/mol. The Bertz CT molecular complexity index is 537. The van der Waals surface area contributed by atoms with E-state index in [2.05, 4.69) is 0 Å². The van der Waals surface area contributed by atoms with Crippen molar-refractivity contribution in [3.05, 3.63) is 50.7 Å². The van der Waals surface area contributed by atoms with Crippen LogP contribution in [0, 0.1) is 10.1 Å². The van der Waals surface area contributed by atoms with E-state index in [1.165, 1.54) is 18.4 Å². The van der Waals surface area contributed by atoms with Gasteiger partial charge in [0.05, 0.1) is 16.2 Å². The first-order valence-electron chi connectivity index (χ1n) is 4.27. The lowest BCUT2D eigenvalue weighted by Gasteiger charge is -2.03. The highest BCUT2D eigenvalue weighted by atomic mass is 35.5. The van der Waals surface area contributed by atoms with Crippen LogP contribution < -0.4 is 0 Å². The number of halogens is 2. The molecular formula is C10H5Cl2NO3. The van der Waals surface area contributed by atoms with Crippen molar-refractivity contribution in [1.82, 2.24) is 0 Å². The van der Waals surface area contributed by atoms with Crippen molar-refractivity contribution in [2.75, 3.05) is 0 Å². The van der Waals surface area contributed by atoms with E-state index in [4.69, 9.17) is 27.6 Å². The van der Waals surface area contributed by atoms with Gasteiger partial charge in [0, 0.05) is 11.1 Å². The molecule has 16 heavy (non-hydrogen) atoms. The van der Waals surface area contributed by atoms with Crippen LogP contribution >= 0.6 is 23.2 Å². The molecule has 1 aromatic heterocycles. The van der Waals surface area contributed by atoms with Crippen LogP contribution in [0.2, 0.25) is 10.0 Å². The number of nitro groups is 1. The van der Waals surface area contributed by atoms with E-state index in [1.54, 1.807) is 12.1 Å². The SMILES string of the molecule is O=[N+]([O-])c1cc(Cl)cc(Cl)c1-c1ccco1. The minimum absolute atomic E-state index is 0.174. The molecule has 0 aliphatic rings. The maximum Gasteiger partial charge on any atom is 0.283 e. The van der Waals surface area contributed by atoms with Gasteiger partial charge in [-0.25, -0.2) is 0 Å². The number of nitrogens with zero attached hydrogens (tertiary/aromatic N) is 1. The molecule has 0 N–H and O–H groups in total. The maximum atomic E-state index is 10.9. The number of hydrogen-bond acceptors (Lipinski definition) is 3. The predicted octanol–water partition coefficient (Wildman–Crippen LogP) is 4.16. The molecule has 2 aromatic rings. The summed E-state index contributed by atoms with van der Waals surface area (Å²) in [6.07, 6.45) is 1.42. The quantitative estimate of drug-likeness (QED) is 0.600. The van der Waals surface area contributed by atoms with Crippen molar-refractivity contribution in [3.8, 4) is 11.3 Å². The lowest BCUT2D eigenvalue weighted by molar-refractivity contribution is -0.384. The average molecular weight is 258 g/mol. The van der Waals surface area contributed by atoms with Crippen LogP contribution in [0.5, 0.6) is 0 Å². The first-order chi connectivity index (χ1) is 7.59.